The van der Waals surface area contributed by atoms with Gasteiger partial charge in [-0.3, -0.25) is 0 Å². The molecule has 0 aliphatic carbocycles. The van der Waals surface area contributed by atoms with E-state index in [9.17, 15) is 0 Å². The molecule has 1 aliphatic rings. The van der Waals surface area contributed by atoms with Gasteiger partial charge in [0.25, 0.3) is 0 Å². The molecule has 3 rings (SSSR count). The largest absolute Gasteiger partial charge is 0.312 e. The van der Waals surface area contributed by atoms with Gasteiger partial charge in [0, 0.05) is 24.0 Å². The van der Waals surface area contributed by atoms with Crippen LogP contribution < -0.4 is 0 Å². The van der Waals surface area contributed by atoms with Crippen LogP contribution in [-0.2, 0) is 0 Å². The second-order valence-electron chi connectivity index (χ2n) is 6.75. The Morgan fingerprint density at radius 3 is 1.48 bits per heavy atom. The molecule has 1 aliphatic heterocycles. The summed E-state index contributed by atoms with van der Waals surface area (Å²) in [4.78, 5) is 0. The molecule has 1 nitrogen and oxygen atoms in total. The van der Waals surface area contributed by atoms with Gasteiger partial charge in [-0.1, -0.05) is 60.7 Å². The van der Waals surface area contributed by atoms with Crippen LogP contribution in [0, 0.1) is 0 Å². The molecule has 1 heterocycles. The Labute approximate surface area is 128 Å². The Balaban J connectivity index is 2.02. The van der Waals surface area contributed by atoms with Gasteiger partial charge in [-0.25, -0.2) is 0 Å². The van der Waals surface area contributed by atoms with Gasteiger partial charge in [-0.05, 0) is 13.8 Å². The number of likely N-dealkylation sites (tertiary alicyclic amines) is 1. The monoisotopic (exact) mass is 280 g/mol. The van der Waals surface area contributed by atoms with Crippen LogP contribution in [0.2, 0.25) is 0 Å². The highest BCUT2D eigenvalue weighted by Gasteiger charge is 2.49. The normalized spacial score (nSPS) is 24.4. The molecule has 0 aromatic heterocycles. The zero-order valence-electron chi connectivity index (χ0n) is 13.4. The molecule has 0 spiro atoms. The van der Waals surface area contributed by atoms with Crippen molar-refractivity contribution in [3.63, 3.8) is 0 Å². The SMILES string of the molecule is CC(C)[N+]1(C)[C@@H](c2ccccc2)CC[C@@H]1c1ccccc1. The van der Waals surface area contributed by atoms with E-state index in [1.54, 1.807) is 0 Å². The van der Waals surface area contributed by atoms with Crippen molar-refractivity contribution in [2.75, 3.05) is 7.05 Å². The smallest absolute Gasteiger partial charge is 0.115 e. The van der Waals surface area contributed by atoms with Crippen LogP contribution in [0.25, 0.3) is 0 Å². The van der Waals surface area contributed by atoms with Gasteiger partial charge in [0.1, 0.15) is 12.1 Å². The van der Waals surface area contributed by atoms with Crippen LogP contribution in [0.5, 0.6) is 0 Å². The van der Waals surface area contributed by atoms with E-state index in [2.05, 4.69) is 81.6 Å². The number of hydrogen-bond donors (Lipinski definition) is 0. The molecule has 0 bridgehead atoms. The van der Waals surface area contributed by atoms with Gasteiger partial charge in [0.05, 0.1) is 13.1 Å². The lowest BCUT2D eigenvalue weighted by atomic mass is 10.0. The lowest BCUT2D eigenvalue weighted by Crippen LogP contribution is -2.50. The van der Waals surface area contributed by atoms with Gasteiger partial charge in [-0.2, -0.15) is 0 Å². The number of quaternary nitrogens is 1. The maximum absolute atomic E-state index is 2.45. The van der Waals surface area contributed by atoms with E-state index in [1.165, 1.54) is 24.0 Å². The van der Waals surface area contributed by atoms with Crippen LogP contribution in [0.1, 0.15) is 49.9 Å². The third-order valence-corrected chi connectivity index (χ3v) is 5.54. The summed E-state index contributed by atoms with van der Waals surface area (Å²) in [6.07, 6.45) is 2.55. The van der Waals surface area contributed by atoms with Gasteiger partial charge < -0.3 is 4.48 Å². The zero-order chi connectivity index (χ0) is 14.9. The van der Waals surface area contributed by atoms with Gasteiger partial charge >= 0.3 is 0 Å². The van der Waals surface area contributed by atoms with E-state index in [0.717, 1.165) is 4.48 Å². The molecule has 0 saturated carbocycles. The minimum absolute atomic E-state index is 0.608. The second kappa shape index (κ2) is 5.65. The molecule has 2 atom stereocenters. The first-order chi connectivity index (χ1) is 10.1. The Kier molecular flexibility index (Phi) is 3.86. The quantitative estimate of drug-likeness (QED) is 0.685. The fraction of sp³-hybridized carbons (Fsp3) is 0.400. The average Bonchev–Trinajstić information content (AvgIpc) is 2.88. The van der Waals surface area contributed by atoms with Crippen molar-refractivity contribution in [2.24, 2.45) is 0 Å². The summed E-state index contributed by atoms with van der Waals surface area (Å²) in [5, 5.41) is 0. The highest BCUT2D eigenvalue weighted by atomic mass is 15.4. The fourth-order valence-corrected chi connectivity index (χ4v) is 4.14. The second-order valence-corrected chi connectivity index (χ2v) is 6.75. The molecule has 2 aromatic rings. The molecule has 21 heavy (non-hydrogen) atoms. The molecule has 0 amide bonds. The van der Waals surface area contributed by atoms with Gasteiger partial charge in [-0.15, -0.1) is 0 Å². The Morgan fingerprint density at radius 2 is 1.14 bits per heavy atom. The molecule has 0 unspecified atom stereocenters. The zero-order valence-corrected chi connectivity index (χ0v) is 13.4. The maximum Gasteiger partial charge on any atom is 0.115 e. The number of nitrogens with zero attached hydrogens (tertiary/aromatic N) is 1. The van der Waals surface area contributed by atoms with Gasteiger partial charge in [0.15, 0.2) is 0 Å². The summed E-state index contributed by atoms with van der Waals surface area (Å²) >= 11 is 0. The molecule has 1 heteroatoms. The maximum atomic E-state index is 2.45. The van der Waals surface area contributed by atoms with E-state index in [0.29, 0.717) is 18.1 Å². The van der Waals surface area contributed by atoms with Crippen LogP contribution in [-0.4, -0.2) is 17.6 Å². The lowest BCUT2D eigenvalue weighted by Gasteiger charge is -2.45. The predicted octanol–water partition coefficient (Wildman–Crippen LogP) is 5.12. The third-order valence-electron chi connectivity index (χ3n) is 5.54. The van der Waals surface area contributed by atoms with Crippen LogP contribution in [0.15, 0.2) is 60.7 Å². The summed E-state index contributed by atoms with van der Waals surface area (Å²) in [5.74, 6) is 0. The Hall–Kier alpha value is -1.60. The first-order valence-electron chi connectivity index (χ1n) is 8.09. The van der Waals surface area contributed by atoms with Crippen molar-refractivity contribution in [1.29, 1.82) is 0 Å². The fourth-order valence-electron chi connectivity index (χ4n) is 4.14. The molecule has 1 saturated heterocycles. The summed E-state index contributed by atoms with van der Waals surface area (Å²) in [6, 6.07) is 24.0. The van der Waals surface area contributed by atoms with Crippen LogP contribution in [0.3, 0.4) is 0 Å². The lowest BCUT2D eigenvalue weighted by molar-refractivity contribution is -0.973. The first-order valence-corrected chi connectivity index (χ1v) is 8.09. The summed E-state index contributed by atoms with van der Waals surface area (Å²) in [5.41, 5.74) is 2.99. The molecule has 1 fully saturated rings. The third kappa shape index (κ3) is 2.40. The molecule has 0 N–H and O–H groups in total. The van der Waals surface area contributed by atoms with Crippen LogP contribution in [0.4, 0.5) is 0 Å². The molecular weight excluding hydrogens is 254 g/mol. The van der Waals surface area contributed by atoms with E-state index in [1.807, 2.05) is 0 Å². The highest BCUT2D eigenvalue weighted by molar-refractivity contribution is 5.22. The van der Waals surface area contributed by atoms with Crippen molar-refractivity contribution in [3.05, 3.63) is 71.8 Å². The van der Waals surface area contributed by atoms with Crippen molar-refractivity contribution in [2.45, 2.75) is 44.8 Å². The number of hydrogen-bond acceptors (Lipinski definition) is 0. The topological polar surface area (TPSA) is 0 Å². The van der Waals surface area contributed by atoms with E-state index in [4.69, 9.17) is 0 Å². The standard InChI is InChI=1S/C20H26N/c1-16(2)21(3)19(17-10-6-4-7-11-17)14-15-20(21)18-12-8-5-9-13-18/h4-13,16,19-20H,14-15H2,1-3H3/q+1/t19-,20-/m1/s1. The van der Waals surface area contributed by atoms with Crippen LogP contribution >= 0.6 is 0 Å². The molecule has 2 aromatic carbocycles. The molecule has 110 valence electrons. The number of benzene rings is 2. The average molecular weight is 280 g/mol. The minimum atomic E-state index is 0.608. The van der Waals surface area contributed by atoms with Gasteiger partial charge in [0.2, 0.25) is 0 Å². The van der Waals surface area contributed by atoms with Crippen molar-refractivity contribution in [1.82, 2.24) is 0 Å². The van der Waals surface area contributed by atoms with E-state index in [-0.39, 0.29) is 0 Å². The number of rotatable bonds is 3. The van der Waals surface area contributed by atoms with Crippen molar-refractivity contribution in [3.8, 4) is 0 Å². The molecular formula is C20H26N+. The van der Waals surface area contributed by atoms with Crippen molar-refractivity contribution >= 4 is 0 Å². The minimum Gasteiger partial charge on any atom is -0.312 e. The Morgan fingerprint density at radius 1 is 0.762 bits per heavy atom. The summed E-state index contributed by atoms with van der Waals surface area (Å²) in [7, 11) is 2.45. The molecule has 0 radical (unpaired) electrons. The summed E-state index contributed by atoms with van der Waals surface area (Å²) < 4.78 is 1.12. The first kappa shape index (κ1) is 14.3. The van der Waals surface area contributed by atoms with E-state index >= 15 is 0 Å². The van der Waals surface area contributed by atoms with E-state index < -0.39 is 0 Å². The summed E-state index contributed by atoms with van der Waals surface area (Å²) in [6.45, 7) is 4.74. The Bertz CT molecular complexity index is 526. The highest BCUT2D eigenvalue weighted by Crippen LogP contribution is 2.50. The predicted molar refractivity (Wildman–Crippen MR) is 88.9 cm³/mol. The van der Waals surface area contributed by atoms with Crippen molar-refractivity contribution < 1.29 is 4.48 Å².